The molecule has 1 aliphatic carbocycles. The van der Waals surface area contributed by atoms with E-state index >= 15 is 0 Å². The van der Waals surface area contributed by atoms with E-state index in [1.54, 1.807) is 6.92 Å². The predicted octanol–water partition coefficient (Wildman–Crippen LogP) is 0.287. The number of sulfonamides is 1. The first-order valence-electron chi connectivity index (χ1n) is 5.61. The van der Waals surface area contributed by atoms with E-state index in [-0.39, 0.29) is 23.2 Å². The fourth-order valence-electron chi connectivity index (χ4n) is 2.21. The average Bonchev–Trinajstić information content (AvgIpc) is 2.57. The Bertz CT molecular complexity index is 503. The molecule has 0 atom stereocenters. The Balaban J connectivity index is 2.22. The number of hydrogen-bond acceptors (Lipinski definition) is 4. The van der Waals surface area contributed by atoms with Crippen LogP contribution < -0.4 is 4.72 Å². The lowest BCUT2D eigenvalue weighted by atomic mass is 9.83. The van der Waals surface area contributed by atoms with E-state index in [9.17, 15) is 8.42 Å². The molecule has 1 fully saturated rings. The van der Waals surface area contributed by atoms with Gasteiger partial charge in [-0.15, -0.1) is 0 Å². The SMILES string of the molecule is Cc1[nH]nc(CO)c1S(=O)(=O)NC1CC(C)C1. The van der Waals surface area contributed by atoms with Gasteiger partial charge in [-0.05, 0) is 25.7 Å². The number of aryl methyl sites for hydroxylation is 1. The molecule has 0 bridgehead atoms. The quantitative estimate of drug-likeness (QED) is 0.724. The van der Waals surface area contributed by atoms with Gasteiger partial charge >= 0.3 is 0 Å². The first kappa shape index (κ1) is 12.5. The van der Waals surface area contributed by atoms with Crippen molar-refractivity contribution >= 4 is 10.0 Å². The lowest BCUT2D eigenvalue weighted by Gasteiger charge is -2.32. The topological polar surface area (TPSA) is 95.1 Å². The Labute approximate surface area is 100 Å². The minimum absolute atomic E-state index is 0.0100. The third-order valence-electron chi connectivity index (χ3n) is 3.08. The smallest absolute Gasteiger partial charge is 0.244 e. The number of aromatic amines is 1. The van der Waals surface area contributed by atoms with Gasteiger partial charge < -0.3 is 5.11 Å². The molecule has 1 saturated carbocycles. The maximum Gasteiger partial charge on any atom is 0.244 e. The third-order valence-corrected chi connectivity index (χ3v) is 4.80. The molecular weight excluding hydrogens is 242 g/mol. The summed E-state index contributed by atoms with van der Waals surface area (Å²) >= 11 is 0. The van der Waals surface area contributed by atoms with Crippen LogP contribution in [0, 0.1) is 12.8 Å². The Morgan fingerprint density at radius 2 is 2.18 bits per heavy atom. The second-order valence-electron chi connectivity index (χ2n) is 4.68. The Morgan fingerprint density at radius 3 is 2.71 bits per heavy atom. The predicted molar refractivity (Wildman–Crippen MR) is 61.8 cm³/mol. The van der Waals surface area contributed by atoms with Crippen LogP contribution >= 0.6 is 0 Å². The molecule has 0 radical (unpaired) electrons. The van der Waals surface area contributed by atoms with E-state index in [2.05, 4.69) is 21.8 Å². The van der Waals surface area contributed by atoms with Gasteiger partial charge in [0.2, 0.25) is 10.0 Å². The number of nitrogens with zero attached hydrogens (tertiary/aromatic N) is 1. The summed E-state index contributed by atoms with van der Waals surface area (Å²) in [6.07, 6.45) is 1.73. The number of hydrogen-bond donors (Lipinski definition) is 3. The van der Waals surface area contributed by atoms with Crippen LogP contribution in [-0.2, 0) is 16.6 Å². The molecule has 1 aromatic rings. The molecule has 0 saturated heterocycles. The van der Waals surface area contributed by atoms with E-state index in [0.717, 1.165) is 12.8 Å². The van der Waals surface area contributed by atoms with Crippen molar-refractivity contribution in [1.29, 1.82) is 0 Å². The van der Waals surface area contributed by atoms with Crippen LogP contribution in [0.1, 0.15) is 31.2 Å². The zero-order chi connectivity index (χ0) is 12.6. The maximum atomic E-state index is 12.1. The highest BCUT2D eigenvalue weighted by Gasteiger charge is 2.32. The monoisotopic (exact) mass is 259 g/mol. The van der Waals surface area contributed by atoms with Crippen LogP contribution in [0.2, 0.25) is 0 Å². The molecule has 2 rings (SSSR count). The summed E-state index contributed by atoms with van der Waals surface area (Å²) in [6.45, 7) is 3.33. The fourth-order valence-corrected chi connectivity index (χ4v) is 3.83. The highest BCUT2D eigenvalue weighted by Crippen LogP contribution is 2.28. The first-order valence-corrected chi connectivity index (χ1v) is 7.09. The van der Waals surface area contributed by atoms with E-state index in [1.165, 1.54) is 0 Å². The van der Waals surface area contributed by atoms with Gasteiger partial charge in [-0.3, -0.25) is 5.10 Å². The number of H-pyrrole nitrogens is 1. The van der Waals surface area contributed by atoms with E-state index < -0.39 is 10.0 Å². The maximum absolute atomic E-state index is 12.1. The highest BCUT2D eigenvalue weighted by atomic mass is 32.2. The summed E-state index contributed by atoms with van der Waals surface area (Å²) in [7, 11) is -3.58. The van der Waals surface area contributed by atoms with E-state index in [1.807, 2.05) is 0 Å². The summed E-state index contributed by atoms with van der Waals surface area (Å²) < 4.78 is 26.9. The van der Waals surface area contributed by atoms with Gasteiger partial charge in [-0.2, -0.15) is 5.10 Å². The Morgan fingerprint density at radius 1 is 1.53 bits per heavy atom. The van der Waals surface area contributed by atoms with Crippen molar-refractivity contribution in [2.75, 3.05) is 0 Å². The minimum Gasteiger partial charge on any atom is -0.390 e. The zero-order valence-corrected chi connectivity index (χ0v) is 10.7. The van der Waals surface area contributed by atoms with Crippen LogP contribution in [0.5, 0.6) is 0 Å². The highest BCUT2D eigenvalue weighted by molar-refractivity contribution is 7.89. The molecule has 0 spiro atoms. The molecule has 6 nitrogen and oxygen atoms in total. The molecule has 0 amide bonds. The van der Waals surface area contributed by atoms with Crippen molar-refractivity contribution in [2.45, 2.75) is 44.2 Å². The molecule has 7 heteroatoms. The van der Waals surface area contributed by atoms with Crippen molar-refractivity contribution in [3.05, 3.63) is 11.4 Å². The molecule has 3 N–H and O–H groups in total. The summed E-state index contributed by atoms with van der Waals surface area (Å²) in [5.41, 5.74) is 0.622. The lowest BCUT2D eigenvalue weighted by molar-refractivity contribution is 0.267. The number of nitrogens with one attached hydrogen (secondary N) is 2. The standard InChI is InChI=1S/C10H17N3O3S/c1-6-3-8(4-6)13-17(15,16)10-7(2)11-12-9(10)5-14/h6,8,13-14H,3-5H2,1-2H3,(H,11,12). The Kier molecular flexibility index (Phi) is 3.24. The minimum atomic E-state index is -3.58. The molecule has 96 valence electrons. The second kappa shape index (κ2) is 4.40. The normalized spacial score (nSPS) is 24.6. The van der Waals surface area contributed by atoms with Crippen LogP contribution in [0.3, 0.4) is 0 Å². The molecular formula is C10H17N3O3S. The van der Waals surface area contributed by atoms with Crippen LogP contribution in [0.25, 0.3) is 0 Å². The van der Waals surface area contributed by atoms with Crippen molar-refractivity contribution in [3.8, 4) is 0 Å². The van der Waals surface area contributed by atoms with Crippen LogP contribution in [0.15, 0.2) is 4.90 Å². The van der Waals surface area contributed by atoms with E-state index in [0.29, 0.717) is 11.6 Å². The number of aliphatic hydroxyl groups excluding tert-OH is 1. The van der Waals surface area contributed by atoms with Gasteiger partial charge in [0.15, 0.2) is 0 Å². The second-order valence-corrected chi connectivity index (χ2v) is 6.33. The molecule has 0 aromatic carbocycles. The molecule has 0 unspecified atom stereocenters. The van der Waals surface area contributed by atoms with Gasteiger partial charge in [0.05, 0.1) is 12.3 Å². The summed E-state index contributed by atoms with van der Waals surface area (Å²) in [5, 5.41) is 15.4. The molecule has 1 aromatic heterocycles. The average molecular weight is 259 g/mol. The largest absolute Gasteiger partial charge is 0.390 e. The number of rotatable bonds is 4. The molecule has 1 heterocycles. The first-order chi connectivity index (χ1) is 7.94. The molecule has 1 aliphatic rings. The van der Waals surface area contributed by atoms with Crippen molar-refractivity contribution < 1.29 is 13.5 Å². The summed E-state index contributed by atoms with van der Waals surface area (Å²) in [5.74, 6) is 0.574. The fraction of sp³-hybridized carbons (Fsp3) is 0.700. The van der Waals surface area contributed by atoms with Crippen LogP contribution in [-0.4, -0.2) is 29.8 Å². The summed E-state index contributed by atoms with van der Waals surface area (Å²) in [4.78, 5) is 0.0829. The number of aliphatic hydroxyl groups is 1. The third kappa shape index (κ3) is 2.36. The van der Waals surface area contributed by atoms with Crippen molar-refractivity contribution in [3.63, 3.8) is 0 Å². The van der Waals surface area contributed by atoms with Gasteiger partial charge in [0, 0.05) is 6.04 Å². The Hall–Kier alpha value is -0.920. The van der Waals surface area contributed by atoms with E-state index in [4.69, 9.17) is 5.11 Å². The zero-order valence-electron chi connectivity index (χ0n) is 9.90. The van der Waals surface area contributed by atoms with Gasteiger partial charge in [0.25, 0.3) is 0 Å². The molecule has 0 aliphatic heterocycles. The van der Waals surface area contributed by atoms with Crippen molar-refractivity contribution in [1.82, 2.24) is 14.9 Å². The van der Waals surface area contributed by atoms with Crippen LogP contribution in [0.4, 0.5) is 0 Å². The number of aromatic nitrogens is 2. The lowest BCUT2D eigenvalue weighted by Crippen LogP contribution is -2.43. The van der Waals surface area contributed by atoms with Gasteiger partial charge in [-0.25, -0.2) is 13.1 Å². The molecule has 17 heavy (non-hydrogen) atoms. The van der Waals surface area contributed by atoms with Gasteiger partial charge in [0.1, 0.15) is 10.6 Å². The van der Waals surface area contributed by atoms with Crippen molar-refractivity contribution in [2.24, 2.45) is 5.92 Å². The van der Waals surface area contributed by atoms with Gasteiger partial charge in [-0.1, -0.05) is 6.92 Å². The summed E-state index contributed by atoms with van der Waals surface area (Å²) in [6, 6.07) is 0.0100.